The Labute approximate surface area is 297 Å². The van der Waals surface area contributed by atoms with Gasteiger partial charge in [0.25, 0.3) is 11.5 Å². The zero-order chi connectivity index (χ0) is 35.9. The number of hydrogen-bond acceptors (Lipinski definition) is 7. The van der Waals surface area contributed by atoms with Gasteiger partial charge in [-0.05, 0) is 48.5 Å². The Hall–Kier alpha value is -4.94. The fourth-order valence-corrected chi connectivity index (χ4v) is 10.7. The van der Waals surface area contributed by atoms with Crippen LogP contribution in [0.4, 0.5) is 5.69 Å². The third kappa shape index (κ3) is 6.20. The average molecular weight is 703 g/mol. The first kappa shape index (κ1) is 34.5. The summed E-state index contributed by atoms with van der Waals surface area (Å²) in [6, 6.07) is 31.9. The quantitative estimate of drug-likeness (QED) is 0.193. The molecule has 0 saturated carbocycles. The van der Waals surface area contributed by atoms with E-state index >= 15 is 0 Å². The summed E-state index contributed by atoms with van der Waals surface area (Å²) in [6.45, 7) is 6.11. The number of rotatable bonds is 10. The SMILES string of the molecule is C[C@@H]1[C@@H]([Si](C)(C)O)[C@H](CC(=O)N(CCO)Cc2ccccc2)O[C@@]12C(=O)N(Cc1cccc(-n3ncc4ccccc4c3=O)c1)c1ccccc12. The largest absolute Gasteiger partial charge is 0.432 e. The van der Waals surface area contributed by atoms with Crippen LogP contribution in [0.15, 0.2) is 114 Å². The van der Waals surface area contributed by atoms with Crippen molar-refractivity contribution in [2.24, 2.45) is 5.92 Å². The minimum Gasteiger partial charge on any atom is -0.432 e. The van der Waals surface area contributed by atoms with Gasteiger partial charge in [-0.25, -0.2) is 0 Å². The highest BCUT2D eigenvalue weighted by Crippen LogP contribution is 2.59. The van der Waals surface area contributed by atoms with Crippen molar-refractivity contribution in [2.75, 3.05) is 18.1 Å². The van der Waals surface area contributed by atoms with Gasteiger partial charge in [-0.1, -0.05) is 85.8 Å². The van der Waals surface area contributed by atoms with Crippen LogP contribution < -0.4 is 10.5 Å². The molecule has 0 unspecified atom stereocenters. The van der Waals surface area contributed by atoms with E-state index in [-0.39, 0.29) is 43.5 Å². The smallest absolute Gasteiger partial charge is 0.279 e. The normalized spacial score (nSPS) is 21.4. The summed E-state index contributed by atoms with van der Waals surface area (Å²) in [6.07, 6.45) is 0.911. The van der Waals surface area contributed by atoms with Gasteiger partial charge in [0.05, 0.1) is 48.6 Å². The van der Waals surface area contributed by atoms with Crippen LogP contribution in [0, 0.1) is 5.92 Å². The van der Waals surface area contributed by atoms with E-state index in [9.17, 15) is 24.3 Å². The zero-order valence-electron chi connectivity index (χ0n) is 29.0. The van der Waals surface area contributed by atoms with Gasteiger partial charge in [-0.2, -0.15) is 9.78 Å². The van der Waals surface area contributed by atoms with E-state index in [0.717, 1.165) is 16.5 Å². The predicted octanol–water partition coefficient (Wildman–Crippen LogP) is 5.14. The van der Waals surface area contributed by atoms with Crippen molar-refractivity contribution in [1.82, 2.24) is 14.7 Å². The first-order chi connectivity index (χ1) is 24.5. The Morgan fingerprint density at radius 2 is 1.65 bits per heavy atom. The lowest BCUT2D eigenvalue weighted by Gasteiger charge is -2.32. The fraction of sp³-hybridized carbons (Fsp3) is 0.300. The van der Waals surface area contributed by atoms with Gasteiger partial charge in [0.2, 0.25) is 5.91 Å². The van der Waals surface area contributed by atoms with E-state index in [1.165, 1.54) is 4.68 Å². The lowest BCUT2D eigenvalue weighted by molar-refractivity contribution is -0.150. The highest BCUT2D eigenvalue weighted by atomic mass is 28.4. The minimum absolute atomic E-state index is 0.0361. The molecule has 51 heavy (non-hydrogen) atoms. The number of para-hydroxylation sites is 1. The van der Waals surface area contributed by atoms with Gasteiger partial charge >= 0.3 is 0 Å². The first-order valence-corrected chi connectivity index (χ1v) is 20.4. The van der Waals surface area contributed by atoms with Crippen molar-refractivity contribution in [3.05, 3.63) is 136 Å². The molecule has 3 heterocycles. The molecule has 11 heteroatoms. The molecule has 5 aromatic rings. The zero-order valence-corrected chi connectivity index (χ0v) is 30.0. The lowest BCUT2D eigenvalue weighted by atomic mass is 9.82. The molecule has 1 fully saturated rings. The molecular weight excluding hydrogens is 661 g/mol. The van der Waals surface area contributed by atoms with Gasteiger partial charge in [0, 0.05) is 35.5 Å². The summed E-state index contributed by atoms with van der Waals surface area (Å²) in [5.74, 6) is -0.902. The molecule has 0 bridgehead atoms. The van der Waals surface area contributed by atoms with Crippen molar-refractivity contribution in [2.45, 2.75) is 56.8 Å². The maximum absolute atomic E-state index is 14.9. The Morgan fingerprint density at radius 3 is 2.41 bits per heavy atom. The van der Waals surface area contributed by atoms with Crippen molar-refractivity contribution in [3.8, 4) is 5.69 Å². The van der Waals surface area contributed by atoms with Crippen molar-refractivity contribution < 1.29 is 24.2 Å². The number of nitrogens with zero attached hydrogens (tertiary/aromatic N) is 4. The molecule has 0 radical (unpaired) electrons. The number of carbonyl (C=O) groups excluding carboxylic acids is 2. The highest BCUT2D eigenvalue weighted by Gasteiger charge is 2.66. The van der Waals surface area contributed by atoms with Gasteiger partial charge in [0.15, 0.2) is 13.9 Å². The Bertz CT molecular complexity index is 2150. The van der Waals surface area contributed by atoms with Crippen LogP contribution >= 0.6 is 0 Å². The van der Waals surface area contributed by atoms with Crippen molar-refractivity contribution in [1.29, 1.82) is 0 Å². The monoisotopic (exact) mass is 702 g/mol. The Kier molecular flexibility index (Phi) is 9.23. The highest BCUT2D eigenvalue weighted by molar-refractivity contribution is 6.71. The van der Waals surface area contributed by atoms with E-state index in [1.54, 1.807) is 22.1 Å². The Balaban J connectivity index is 1.20. The standard InChI is InChI=1S/C40H42N4O6Si/c1-27-37(51(2,3)49)35(23-36(46)42(20-21-45)25-28-12-5-4-6-13-28)50-40(27)33-18-9-10-19-34(33)43(39(40)48)26-29-14-11-16-31(22-29)44-38(47)32-17-8-7-15-30(32)24-41-44/h4-19,22,24,27,35,37,45,49H,20-21,23,25-26H2,1-3H3/t27-,35+,37-,40+/m1/s1. The van der Waals surface area contributed by atoms with Crippen LogP contribution in [0.5, 0.6) is 0 Å². The number of aromatic nitrogens is 2. The molecular formula is C40H42N4O6Si. The van der Waals surface area contributed by atoms with E-state index in [4.69, 9.17) is 4.74 Å². The van der Waals surface area contributed by atoms with Crippen LogP contribution in [0.1, 0.15) is 30.0 Å². The topological polar surface area (TPSA) is 125 Å². The minimum atomic E-state index is -3.01. The third-order valence-corrected chi connectivity index (χ3v) is 12.9. The van der Waals surface area contributed by atoms with Crippen LogP contribution in [0.25, 0.3) is 16.5 Å². The number of hydrogen-bond donors (Lipinski definition) is 2. The second-order valence-corrected chi connectivity index (χ2v) is 18.1. The van der Waals surface area contributed by atoms with E-state index in [2.05, 4.69) is 5.10 Å². The van der Waals surface area contributed by atoms with Crippen LogP contribution in [0.3, 0.4) is 0 Å². The van der Waals surface area contributed by atoms with Crippen LogP contribution in [0.2, 0.25) is 18.6 Å². The number of benzene rings is 4. The van der Waals surface area contributed by atoms with Gasteiger partial charge in [0.1, 0.15) is 0 Å². The molecule has 2 aliphatic rings. The summed E-state index contributed by atoms with van der Waals surface area (Å²) < 4.78 is 8.25. The number of anilines is 1. The molecule has 2 aliphatic heterocycles. The molecule has 1 aromatic heterocycles. The maximum atomic E-state index is 14.9. The van der Waals surface area contributed by atoms with Crippen LogP contribution in [-0.4, -0.2) is 64.0 Å². The number of aliphatic hydroxyl groups is 1. The van der Waals surface area contributed by atoms with Gasteiger partial charge in [-0.3, -0.25) is 14.4 Å². The van der Waals surface area contributed by atoms with E-state index in [0.29, 0.717) is 28.9 Å². The molecule has 4 aromatic carbocycles. The lowest BCUT2D eigenvalue weighted by Crippen LogP contribution is -2.46. The van der Waals surface area contributed by atoms with Crippen molar-refractivity contribution in [3.63, 3.8) is 0 Å². The summed E-state index contributed by atoms with van der Waals surface area (Å²) in [5.41, 5.74) is 1.65. The predicted molar refractivity (Wildman–Crippen MR) is 198 cm³/mol. The Morgan fingerprint density at radius 1 is 0.941 bits per heavy atom. The number of fused-ring (bicyclic) bond motifs is 3. The summed E-state index contributed by atoms with van der Waals surface area (Å²) in [5, 5.41) is 15.6. The van der Waals surface area contributed by atoms with E-state index < -0.39 is 31.5 Å². The van der Waals surface area contributed by atoms with E-state index in [1.807, 2.05) is 117 Å². The molecule has 1 saturated heterocycles. The summed E-state index contributed by atoms with van der Waals surface area (Å²) in [7, 11) is -3.01. The average Bonchev–Trinajstić information content (AvgIpc) is 3.55. The second kappa shape index (κ2) is 13.6. The first-order valence-electron chi connectivity index (χ1n) is 17.3. The molecule has 2 amide bonds. The second-order valence-electron chi connectivity index (χ2n) is 14.1. The maximum Gasteiger partial charge on any atom is 0.279 e. The van der Waals surface area contributed by atoms with Crippen molar-refractivity contribution >= 4 is 36.6 Å². The number of amides is 2. The molecule has 4 atom stereocenters. The number of aliphatic hydroxyl groups excluding tert-OH is 1. The molecule has 7 rings (SSSR count). The van der Waals surface area contributed by atoms with Gasteiger partial charge in [-0.15, -0.1) is 0 Å². The molecule has 262 valence electrons. The number of ether oxygens (including phenoxy) is 1. The molecule has 0 aliphatic carbocycles. The third-order valence-electron chi connectivity index (χ3n) is 10.4. The summed E-state index contributed by atoms with van der Waals surface area (Å²) in [4.78, 5) is 57.1. The number of carbonyl (C=O) groups is 2. The van der Waals surface area contributed by atoms with Gasteiger partial charge < -0.3 is 24.4 Å². The molecule has 10 nitrogen and oxygen atoms in total. The molecule has 1 spiro atoms. The fourth-order valence-electron chi connectivity index (χ4n) is 8.15. The summed E-state index contributed by atoms with van der Waals surface area (Å²) >= 11 is 0. The van der Waals surface area contributed by atoms with Crippen LogP contribution in [-0.2, 0) is 33.0 Å². The molecule has 2 N–H and O–H groups in total.